The van der Waals surface area contributed by atoms with Gasteiger partial charge in [-0.25, -0.2) is 0 Å². The van der Waals surface area contributed by atoms with E-state index in [0.29, 0.717) is 0 Å². The first-order chi connectivity index (χ1) is 15.0. The van der Waals surface area contributed by atoms with Crippen LogP contribution in [0.4, 0.5) is 0 Å². The molecule has 15 nitrogen and oxygen atoms in total. The van der Waals surface area contributed by atoms with Gasteiger partial charge >= 0.3 is 0 Å². The number of rotatable bonds is 5. The zero-order chi connectivity index (χ0) is 23.9. The number of hydrogen-bond donors (Lipinski definition) is 11. The fourth-order valence-electron chi connectivity index (χ4n) is 4.16. The zero-order valence-electron chi connectivity index (χ0n) is 17.1. The van der Waals surface area contributed by atoms with Gasteiger partial charge in [0.05, 0.1) is 12.6 Å². The Balaban J connectivity index is 1.71. The summed E-state index contributed by atoms with van der Waals surface area (Å²) in [5, 5.41) is 70.3. The number of ether oxygens (including phenoxy) is 4. The predicted molar refractivity (Wildman–Crippen MR) is 103 cm³/mol. The predicted octanol–water partition coefficient (Wildman–Crippen LogP) is -7.33. The lowest BCUT2D eigenvalue weighted by atomic mass is 9.84. The summed E-state index contributed by atoms with van der Waals surface area (Å²) in [6.45, 7) is -0.595. The van der Waals surface area contributed by atoms with Crippen LogP contribution in [-0.2, 0) is 18.9 Å². The molecule has 2 saturated heterocycles. The van der Waals surface area contributed by atoms with E-state index in [-0.39, 0.29) is 6.42 Å². The van der Waals surface area contributed by atoms with Crippen LogP contribution in [0.2, 0.25) is 0 Å². The van der Waals surface area contributed by atoms with Gasteiger partial charge in [-0.3, -0.25) is 0 Å². The zero-order valence-corrected chi connectivity index (χ0v) is 17.1. The SMILES string of the molecule is N[C@@H]1[C@@H](O)[C@@H](O[C@@H]2[C@@H](O)[C@H](O[C@H]3O[C@H](N)[C@@H](O)[C@H](O)[C@H]3O)[C@@H](N)C[C@H]2N)O[C@H](CO)[C@H]1O. The van der Waals surface area contributed by atoms with Crippen molar-refractivity contribution in [2.24, 2.45) is 22.9 Å². The Morgan fingerprint density at radius 2 is 1.19 bits per heavy atom. The molecule has 0 aromatic rings. The topological polar surface area (TPSA) is 283 Å². The van der Waals surface area contributed by atoms with E-state index in [0.717, 1.165) is 0 Å². The van der Waals surface area contributed by atoms with Gasteiger partial charge in [-0.1, -0.05) is 0 Å². The van der Waals surface area contributed by atoms with Crippen LogP contribution >= 0.6 is 0 Å². The van der Waals surface area contributed by atoms with Crippen LogP contribution in [0.25, 0.3) is 0 Å². The van der Waals surface area contributed by atoms with Crippen LogP contribution < -0.4 is 22.9 Å². The molecular formula is C17H34N4O11. The highest BCUT2D eigenvalue weighted by atomic mass is 16.7. The molecule has 15 atom stereocenters. The molecule has 32 heavy (non-hydrogen) atoms. The molecule has 0 unspecified atom stereocenters. The normalized spacial score (nSPS) is 55.0. The molecule has 3 fully saturated rings. The summed E-state index contributed by atoms with van der Waals surface area (Å²) in [5.41, 5.74) is 23.5. The number of hydrogen-bond acceptors (Lipinski definition) is 15. The second kappa shape index (κ2) is 10.3. The van der Waals surface area contributed by atoms with Crippen molar-refractivity contribution in [3.05, 3.63) is 0 Å². The third-order valence-electron chi connectivity index (χ3n) is 6.19. The Labute approximate surface area is 183 Å². The van der Waals surface area contributed by atoms with Gasteiger partial charge in [0, 0.05) is 12.1 Å². The largest absolute Gasteiger partial charge is 0.394 e. The second-order valence-electron chi connectivity index (χ2n) is 8.48. The van der Waals surface area contributed by atoms with E-state index in [1.807, 2.05) is 0 Å². The van der Waals surface area contributed by atoms with E-state index >= 15 is 0 Å². The van der Waals surface area contributed by atoms with Crippen molar-refractivity contribution < 1.29 is 54.7 Å². The molecule has 0 aromatic carbocycles. The minimum Gasteiger partial charge on any atom is -0.394 e. The Morgan fingerprint density at radius 1 is 0.656 bits per heavy atom. The summed E-state index contributed by atoms with van der Waals surface area (Å²) in [5.74, 6) is 0. The van der Waals surface area contributed by atoms with Gasteiger partial charge in [0.15, 0.2) is 12.6 Å². The Bertz CT molecular complexity index is 621. The molecule has 0 bridgehead atoms. The smallest absolute Gasteiger partial charge is 0.188 e. The van der Waals surface area contributed by atoms with Crippen LogP contribution in [0, 0.1) is 0 Å². The van der Waals surface area contributed by atoms with Crippen LogP contribution in [0.1, 0.15) is 6.42 Å². The Hall–Kier alpha value is -0.600. The van der Waals surface area contributed by atoms with Crippen molar-refractivity contribution in [2.45, 2.75) is 98.3 Å². The highest BCUT2D eigenvalue weighted by Gasteiger charge is 2.51. The monoisotopic (exact) mass is 470 g/mol. The van der Waals surface area contributed by atoms with Gasteiger partial charge in [-0.15, -0.1) is 0 Å². The first-order valence-corrected chi connectivity index (χ1v) is 10.3. The number of aliphatic hydroxyl groups is 7. The number of nitrogens with two attached hydrogens (primary N) is 4. The molecule has 188 valence electrons. The van der Waals surface area contributed by atoms with Gasteiger partial charge in [0.25, 0.3) is 0 Å². The van der Waals surface area contributed by atoms with Crippen LogP contribution in [-0.4, -0.2) is 134 Å². The average Bonchev–Trinajstić information content (AvgIpc) is 2.75. The third kappa shape index (κ3) is 4.92. The van der Waals surface area contributed by atoms with Crippen molar-refractivity contribution in [1.29, 1.82) is 0 Å². The molecule has 1 aliphatic carbocycles. The van der Waals surface area contributed by atoms with Crippen LogP contribution in [0.3, 0.4) is 0 Å². The highest BCUT2D eigenvalue weighted by Crippen LogP contribution is 2.30. The molecule has 0 spiro atoms. The lowest BCUT2D eigenvalue weighted by Crippen LogP contribution is -2.68. The lowest BCUT2D eigenvalue weighted by molar-refractivity contribution is -0.332. The molecule has 1 saturated carbocycles. The molecule has 0 amide bonds. The Kier molecular flexibility index (Phi) is 8.41. The maximum atomic E-state index is 10.9. The Morgan fingerprint density at radius 3 is 1.72 bits per heavy atom. The maximum absolute atomic E-state index is 10.9. The van der Waals surface area contributed by atoms with Crippen molar-refractivity contribution in [3.63, 3.8) is 0 Å². The summed E-state index contributed by atoms with van der Waals surface area (Å²) in [6, 6.07) is -2.88. The molecule has 3 aliphatic rings. The summed E-state index contributed by atoms with van der Waals surface area (Å²) in [6.07, 6.45) is -17.1. The minimum absolute atomic E-state index is 0.0767. The fourth-order valence-corrected chi connectivity index (χ4v) is 4.16. The highest BCUT2D eigenvalue weighted by molar-refractivity contribution is 5.01. The molecule has 2 aliphatic heterocycles. The van der Waals surface area contributed by atoms with Crippen molar-refractivity contribution in [1.82, 2.24) is 0 Å². The van der Waals surface area contributed by atoms with Gasteiger partial charge in [-0.2, -0.15) is 0 Å². The first-order valence-electron chi connectivity index (χ1n) is 10.3. The molecule has 15 heteroatoms. The lowest BCUT2D eigenvalue weighted by Gasteiger charge is -2.48. The molecule has 0 aromatic heterocycles. The van der Waals surface area contributed by atoms with Gasteiger partial charge in [-0.05, 0) is 6.42 Å². The quantitative estimate of drug-likeness (QED) is 0.178. The second-order valence-corrected chi connectivity index (χ2v) is 8.48. The molecule has 0 radical (unpaired) electrons. The summed E-state index contributed by atoms with van der Waals surface area (Å²) < 4.78 is 21.8. The van der Waals surface area contributed by atoms with E-state index < -0.39 is 98.5 Å². The standard InChI is InChI=1S/C17H34N4O11/c18-3-1-4(19)14(31-17-11(27)9(25)10(26)15(21)32-17)12(28)13(3)30-16-8(24)6(20)7(23)5(2-22)29-16/h3-17,22-28H,1-2,18-21H2/t3-,4+,5-,6+,7-,8-,9+,10+,11-,12-,13+,14-,15+,16-,17+/m1/s1. The maximum Gasteiger partial charge on any atom is 0.188 e. The van der Waals surface area contributed by atoms with Crippen LogP contribution in [0.15, 0.2) is 0 Å². The summed E-state index contributed by atoms with van der Waals surface area (Å²) >= 11 is 0. The van der Waals surface area contributed by atoms with Gasteiger partial charge < -0.3 is 77.6 Å². The first kappa shape index (κ1) is 26.0. The van der Waals surface area contributed by atoms with Crippen molar-refractivity contribution >= 4 is 0 Å². The number of aliphatic hydroxyl groups excluding tert-OH is 7. The van der Waals surface area contributed by atoms with Crippen molar-refractivity contribution in [2.75, 3.05) is 6.61 Å². The molecule has 2 heterocycles. The fraction of sp³-hybridized carbons (Fsp3) is 1.00. The van der Waals surface area contributed by atoms with Gasteiger partial charge in [0.1, 0.15) is 61.2 Å². The van der Waals surface area contributed by atoms with E-state index in [4.69, 9.17) is 41.9 Å². The van der Waals surface area contributed by atoms with Crippen LogP contribution in [0.5, 0.6) is 0 Å². The van der Waals surface area contributed by atoms with E-state index in [9.17, 15) is 35.7 Å². The molecular weight excluding hydrogens is 436 g/mol. The summed E-state index contributed by atoms with van der Waals surface area (Å²) in [7, 11) is 0. The third-order valence-corrected chi connectivity index (χ3v) is 6.19. The minimum atomic E-state index is -1.69. The van der Waals surface area contributed by atoms with E-state index in [2.05, 4.69) is 0 Å². The molecule has 15 N–H and O–H groups in total. The van der Waals surface area contributed by atoms with Gasteiger partial charge in [0.2, 0.25) is 0 Å². The summed E-state index contributed by atoms with van der Waals surface area (Å²) in [4.78, 5) is 0. The van der Waals surface area contributed by atoms with E-state index in [1.165, 1.54) is 0 Å². The van der Waals surface area contributed by atoms with E-state index in [1.54, 1.807) is 0 Å². The molecule has 3 rings (SSSR count). The average molecular weight is 470 g/mol. The van der Waals surface area contributed by atoms with Crippen molar-refractivity contribution in [3.8, 4) is 0 Å².